The van der Waals surface area contributed by atoms with Gasteiger partial charge in [0.05, 0.1) is 18.2 Å². The SMILES string of the molecule is C=CCNC(=O)C(=O)[C@@H]1CCCCCCCO[C@@H](C)[C@H](NC(=O)N[C@H](CN2C(=O)C3CCC(C3)C2=O)C(C)(C)C)C(=O)N2CCC(C(C)C)[C@H]2C(=O)N1. The largest absolute Gasteiger partial charge is 0.376 e. The normalized spacial score (nSPS) is 29.7. The summed E-state index contributed by atoms with van der Waals surface area (Å²) in [4.78, 5) is 97.7. The van der Waals surface area contributed by atoms with Crippen molar-refractivity contribution in [2.45, 2.75) is 136 Å². The minimum absolute atomic E-state index is 0.00515. The highest BCUT2D eigenvalue weighted by Gasteiger charge is 2.48. The molecule has 53 heavy (non-hydrogen) atoms. The molecule has 4 N–H and O–H groups in total. The van der Waals surface area contributed by atoms with E-state index in [-0.39, 0.29) is 61.5 Å². The first-order valence-electron chi connectivity index (χ1n) is 19.6. The molecule has 1 aliphatic carbocycles. The third-order valence-electron chi connectivity index (χ3n) is 11.5. The topological polar surface area (TPSA) is 183 Å². The molecule has 1 saturated carbocycles. The van der Waals surface area contributed by atoms with Crippen LogP contribution in [0.15, 0.2) is 12.7 Å². The second kappa shape index (κ2) is 18.5. The summed E-state index contributed by atoms with van der Waals surface area (Å²) in [5.74, 6) is -3.56. The van der Waals surface area contributed by atoms with Crippen molar-refractivity contribution >= 4 is 41.4 Å². The lowest BCUT2D eigenvalue weighted by Crippen LogP contribution is -2.63. The predicted octanol–water partition coefficient (Wildman–Crippen LogP) is 2.84. The monoisotopic (exact) mass is 742 g/mol. The van der Waals surface area contributed by atoms with Crippen molar-refractivity contribution < 1.29 is 38.3 Å². The van der Waals surface area contributed by atoms with Gasteiger partial charge in [-0.05, 0) is 62.7 Å². The molecule has 14 heteroatoms. The molecule has 3 unspecified atom stereocenters. The van der Waals surface area contributed by atoms with Crippen LogP contribution < -0.4 is 21.3 Å². The van der Waals surface area contributed by atoms with Gasteiger partial charge in [-0.3, -0.25) is 33.7 Å². The number of urea groups is 1. The standard InChI is InChI=1S/C39H62N6O8/c1-8-18-40-34(48)32(46)28-14-12-10-9-11-13-20-53-24(4)30(37(51)44-19-17-27(23(2)3)31(44)33(47)41-28)43-38(52)42-29(39(5,6)7)22-45-35(49)25-15-16-26(21-25)36(45)50/h8,23-31H,1,9-22H2,2-7H3,(H,40,48)(H,41,47)(H2,42,43,52)/t24-,25?,26?,27?,28-,29+,30-,31-/m0/s1. The van der Waals surface area contributed by atoms with Crippen LogP contribution in [0.25, 0.3) is 0 Å². The van der Waals surface area contributed by atoms with E-state index < -0.39 is 65.2 Å². The van der Waals surface area contributed by atoms with Crippen molar-refractivity contribution in [3.63, 3.8) is 0 Å². The van der Waals surface area contributed by atoms with Gasteiger partial charge in [0.1, 0.15) is 12.1 Å². The Morgan fingerprint density at radius 1 is 0.943 bits per heavy atom. The van der Waals surface area contributed by atoms with Gasteiger partial charge in [-0.2, -0.15) is 0 Å². The third kappa shape index (κ3) is 10.5. The fourth-order valence-electron chi connectivity index (χ4n) is 8.16. The number of rotatable bonds is 9. The Balaban J connectivity index is 1.58. The molecule has 3 saturated heterocycles. The van der Waals surface area contributed by atoms with Crippen LogP contribution in [0.1, 0.15) is 106 Å². The first-order valence-corrected chi connectivity index (χ1v) is 19.6. The molecule has 4 rings (SSSR count). The van der Waals surface area contributed by atoms with E-state index in [2.05, 4.69) is 27.8 Å². The Morgan fingerprint density at radius 2 is 1.58 bits per heavy atom. The number of amides is 7. The van der Waals surface area contributed by atoms with Crippen LogP contribution in [0, 0.1) is 29.1 Å². The number of ketones is 1. The number of hydrogen-bond acceptors (Lipinski definition) is 8. The molecule has 14 nitrogen and oxygen atoms in total. The molecule has 3 heterocycles. The highest BCUT2D eigenvalue weighted by molar-refractivity contribution is 6.38. The summed E-state index contributed by atoms with van der Waals surface area (Å²) in [5.41, 5.74) is -0.555. The fourth-order valence-corrected chi connectivity index (χ4v) is 8.16. The lowest BCUT2D eigenvalue weighted by molar-refractivity contribution is -0.153. The summed E-state index contributed by atoms with van der Waals surface area (Å²) in [5, 5.41) is 11.2. The van der Waals surface area contributed by atoms with Crippen molar-refractivity contribution in [1.29, 1.82) is 0 Å². The Labute approximate surface area is 314 Å². The molecule has 4 aliphatic rings. The van der Waals surface area contributed by atoms with E-state index in [0.717, 1.165) is 19.3 Å². The number of carbonyl (C=O) groups is 7. The van der Waals surface area contributed by atoms with Gasteiger partial charge in [-0.15, -0.1) is 6.58 Å². The number of nitrogens with zero attached hydrogens (tertiary/aromatic N) is 2. The zero-order valence-electron chi connectivity index (χ0n) is 32.5. The summed E-state index contributed by atoms with van der Waals surface area (Å²) < 4.78 is 6.15. The highest BCUT2D eigenvalue weighted by Crippen LogP contribution is 2.39. The number of nitrogens with one attached hydrogen (secondary N) is 4. The van der Waals surface area contributed by atoms with E-state index in [4.69, 9.17) is 4.74 Å². The molecular weight excluding hydrogens is 680 g/mol. The van der Waals surface area contributed by atoms with Crippen molar-refractivity contribution in [1.82, 2.24) is 31.1 Å². The number of carbonyl (C=O) groups excluding carboxylic acids is 7. The maximum absolute atomic E-state index is 14.6. The third-order valence-corrected chi connectivity index (χ3v) is 11.5. The predicted molar refractivity (Wildman–Crippen MR) is 198 cm³/mol. The maximum Gasteiger partial charge on any atom is 0.315 e. The van der Waals surface area contributed by atoms with Crippen LogP contribution in [0.2, 0.25) is 0 Å². The van der Waals surface area contributed by atoms with E-state index in [1.165, 1.54) is 15.9 Å². The highest BCUT2D eigenvalue weighted by atomic mass is 16.5. The van der Waals surface area contributed by atoms with Gasteiger partial charge in [0.15, 0.2) is 0 Å². The molecule has 296 valence electrons. The number of piperidine rings is 1. The van der Waals surface area contributed by atoms with Crippen LogP contribution in [0.3, 0.4) is 0 Å². The van der Waals surface area contributed by atoms with Gasteiger partial charge >= 0.3 is 6.03 Å². The number of ether oxygens (including phenoxy) is 1. The minimum Gasteiger partial charge on any atom is -0.376 e. The van der Waals surface area contributed by atoms with Gasteiger partial charge in [-0.25, -0.2) is 4.79 Å². The number of likely N-dealkylation sites (tertiary alicyclic amines) is 1. The fraction of sp³-hybridized carbons (Fsp3) is 0.769. The second-order valence-electron chi connectivity index (χ2n) is 16.7. The number of hydrogen-bond donors (Lipinski definition) is 4. The van der Waals surface area contributed by atoms with E-state index in [0.29, 0.717) is 45.1 Å². The van der Waals surface area contributed by atoms with Crippen LogP contribution in [0.4, 0.5) is 4.79 Å². The molecular formula is C39H62N6O8. The van der Waals surface area contributed by atoms with Crippen molar-refractivity contribution in [3.05, 3.63) is 12.7 Å². The van der Waals surface area contributed by atoms with E-state index >= 15 is 0 Å². The van der Waals surface area contributed by atoms with E-state index in [1.807, 2.05) is 34.6 Å². The van der Waals surface area contributed by atoms with Crippen LogP contribution in [-0.4, -0.2) is 108 Å². The van der Waals surface area contributed by atoms with Crippen molar-refractivity contribution in [2.24, 2.45) is 29.1 Å². The smallest absolute Gasteiger partial charge is 0.315 e. The molecule has 2 bridgehead atoms. The maximum atomic E-state index is 14.6. The number of imide groups is 1. The molecule has 8 atom stereocenters. The van der Waals surface area contributed by atoms with Crippen LogP contribution >= 0.6 is 0 Å². The van der Waals surface area contributed by atoms with Gasteiger partial charge in [0.25, 0.3) is 5.91 Å². The summed E-state index contributed by atoms with van der Waals surface area (Å²) in [6.07, 6.45) is 7.29. The first kappa shape index (κ1) is 41.9. The number of fused-ring (bicyclic) bond motifs is 3. The Kier molecular flexibility index (Phi) is 14.6. The average Bonchev–Trinajstić information content (AvgIpc) is 3.76. The van der Waals surface area contributed by atoms with Gasteiger partial charge in [-0.1, -0.05) is 66.4 Å². The first-order chi connectivity index (χ1) is 25.0. The van der Waals surface area contributed by atoms with Gasteiger partial charge < -0.3 is 30.9 Å². The lowest BCUT2D eigenvalue weighted by atomic mass is 9.85. The molecule has 0 aromatic rings. The summed E-state index contributed by atoms with van der Waals surface area (Å²) in [7, 11) is 0. The Morgan fingerprint density at radius 3 is 2.21 bits per heavy atom. The molecule has 0 aromatic heterocycles. The zero-order valence-corrected chi connectivity index (χ0v) is 32.5. The zero-order chi connectivity index (χ0) is 39.0. The summed E-state index contributed by atoms with van der Waals surface area (Å²) >= 11 is 0. The second-order valence-corrected chi connectivity index (χ2v) is 16.7. The minimum atomic E-state index is -1.18. The summed E-state index contributed by atoms with van der Waals surface area (Å²) in [6.45, 7) is 15.7. The Bertz CT molecular complexity index is 1370. The summed E-state index contributed by atoms with van der Waals surface area (Å²) in [6, 6.07) is -4.48. The van der Waals surface area contributed by atoms with Crippen molar-refractivity contribution in [3.8, 4) is 0 Å². The molecule has 3 aliphatic heterocycles. The molecule has 0 spiro atoms. The van der Waals surface area contributed by atoms with E-state index in [1.54, 1.807) is 6.92 Å². The Hall–Kier alpha value is -3.81. The average molecular weight is 743 g/mol. The van der Waals surface area contributed by atoms with Gasteiger partial charge in [0.2, 0.25) is 29.4 Å². The quantitative estimate of drug-likeness (QED) is 0.158. The molecule has 7 amide bonds. The molecule has 4 fully saturated rings. The number of Topliss-reactive ketones (excluding diaryl/α,β-unsaturated/α-hetero) is 1. The molecule has 0 radical (unpaired) electrons. The molecule has 0 aromatic carbocycles. The van der Waals surface area contributed by atoms with Crippen LogP contribution in [0.5, 0.6) is 0 Å². The van der Waals surface area contributed by atoms with Crippen molar-refractivity contribution in [2.75, 3.05) is 26.2 Å². The lowest BCUT2D eigenvalue weighted by Gasteiger charge is -2.38. The van der Waals surface area contributed by atoms with Gasteiger partial charge in [0, 0.05) is 38.1 Å². The van der Waals surface area contributed by atoms with Crippen LogP contribution in [-0.2, 0) is 33.5 Å². The van der Waals surface area contributed by atoms with E-state index in [9.17, 15) is 33.6 Å².